The van der Waals surface area contributed by atoms with Gasteiger partial charge in [0.15, 0.2) is 5.13 Å². The maximum Gasteiger partial charge on any atom is 0.231 e. The molecular formula is C20H18FN3O2S. The molecule has 0 spiro atoms. The zero-order valence-corrected chi connectivity index (χ0v) is 15.6. The van der Waals surface area contributed by atoms with Crippen LogP contribution in [-0.4, -0.2) is 23.3 Å². The Hall–Kier alpha value is -2.80. The van der Waals surface area contributed by atoms with E-state index in [1.165, 1.54) is 29.0 Å². The average molecular weight is 383 g/mol. The molecule has 1 atom stereocenters. The molecule has 0 saturated carbocycles. The summed E-state index contributed by atoms with van der Waals surface area (Å²) in [5, 5.41) is 3.19. The number of anilines is 2. The maximum atomic E-state index is 13.3. The number of hydrogen-bond donors (Lipinski definition) is 1. The van der Waals surface area contributed by atoms with Crippen LogP contribution in [-0.2, 0) is 16.0 Å². The van der Waals surface area contributed by atoms with Crippen molar-refractivity contribution in [3.63, 3.8) is 0 Å². The van der Waals surface area contributed by atoms with Gasteiger partial charge in [0.05, 0.1) is 16.1 Å². The standard InChI is InChI=1S/C20H18FN3O2S/c1-2-12-3-6-15(7-4-12)24-11-13(9-18(24)25)19(26)23-20-22-16-8-5-14(21)10-17(16)27-20/h3-8,10,13H,2,9,11H2,1H3,(H,22,23,26)/t13-/m1/s1. The summed E-state index contributed by atoms with van der Waals surface area (Å²) in [6.07, 6.45) is 1.10. The summed E-state index contributed by atoms with van der Waals surface area (Å²) in [7, 11) is 0. The Bertz CT molecular complexity index is 1020. The number of halogens is 1. The zero-order valence-electron chi connectivity index (χ0n) is 14.7. The van der Waals surface area contributed by atoms with Gasteiger partial charge in [-0.25, -0.2) is 9.37 Å². The SMILES string of the molecule is CCc1ccc(N2C[C@H](C(=O)Nc3nc4ccc(F)cc4s3)CC2=O)cc1. The number of benzene rings is 2. The molecule has 2 amide bonds. The van der Waals surface area contributed by atoms with Crippen LogP contribution in [0.4, 0.5) is 15.2 Å². The summed E-state index contributed by atoms with van der Waals surface area (Å²) in [5.74, 6) is -1.08. The van der Waals surface area contributed by atoms with E-state index in [1.54, 1.807) is 11.0 Å². The third kappa shape index (κ3) is 3.55. The molecule has 3 aromatic rings. The number of fused-ring (bicyclic) bond motifs is 1. The quantitative estimate of drug-likeness (QED) is 0.741. The van der Waals surface area contributed by atoms with Gasteiger partial charge in [0.25, 0.3) is 0 Å². The van der Waals surface area contributed by atoms with Crippen LogP contribution in [0.2, 0.25) is 0 Å². The van der Waals surface area contributed by atoms with Crippen LogP contribution < -0.4 is 10.2 Å². The van der Waals surface area contributed by atoms with Gasteiger partial charge in [-0.3, -0.25) is 9.59 Å². The van der Waals surface area contributed by atoms with E-state index in [1.807, 2.05) is 24.3 Å². The second kappa shape index (κ2) is 7.08. The molecule has 1 fully saturated rings. The van der Waals surface area contributed by atoms with Gasteiger partial charge < -0.3 is 10.2 Å². The van der Waals surface area contributed by atoms with E-state index in [-0.39, 0.29) is 24.1 Å². The number of hydrogen-bond acceptors (Lipinski definition) is 4. The van der Waals surface area contributed by atoms with E-state index in [2.05, 4.69) is 17.2 Å². The minimum Gasteiger partial charge on any atom is -0.312 e. The average Bonchev–Trinajstić information content (AvgIpc) is 3.24. The van der Waals surface area contributed by atoms with Crippen LogP contribution >= 0.6 is 11.3 Å². The molecule has 7 heteroatoms. The fourth-order valence-electron chi connectivity index (χ4n) is 3.20. The molecule has 2 aromatic carbocycles. The van der Waals surface area contributed by atoms with Crippen LogP contribution in [0.3, 0.4) is 0 Å². The van der Waals surface area contributed by atoms with Crippen molar-refractivity contribution in [1.29, 1.82) is 0 Å². The second-order valence-electron chi connectivity index (χ2n) is 6.55. The Labute approximate surface area is 159 Å². The highest BCUT2D eigenvalue weighted by Crippen LogP contribution is 2.29. The number of carbonyl (C=O) groups excluding carboxylic acids is 2. The third-order valence-corrected chi connectivity index (χ3v) is 5.67. The number of amides is 2. The molecular weight excluding hydrogens is 365 g/mol. The minimum atomic E-state index is -0.438. The first-order valence-electron chi connectivity index (χ1n) is 8.79. The van der Waals surface area contributed by atoms with E-state index in [0.29, 0.717) is 21.9 Å². The summed E-state index contributed by atoms with van der Waals surface area (Å²) in [4.78, 5) is 30.9. The first kappa shape index (κ1) is 17.6. The summed E-state index contributed by atoms with van der Waals surface area (Å²) in [5.41, 5.74) is 2.65. The highest BCUT2D eigenvalue weighted by atomic mass is 32.1. The van der Waals surface area contributed by atoms with Crippen molar-refractivity contribution >= 4 is 44.2 Å². The largest absolute Gasteiger partial charge is 0.312 e. The van der Waals surface area contributed by atoms with E-state index < -0.39 is 5.92 Å². The van der Waals surface area contributed by atoms with Crippen LogP contribution in [0.25, 0.3) is 10.2 Å². The van der Waals surface area contributed by atoms with Gasteiger partial charge in [0, 0.05) is 18.7 Å². The lowest BCUT2D eigenvalue weighted by Gasteiger charge is -2.17. The van der Waals surface area contributed by atoms with Crippen LogP contribution in [0.1, 0.15) is 18.9 Å². The Balaban J connectivity index is 1.46. The molecule has 1 aliphatic heterocycles. The maximum absolute atomic E-state index is 13.3. The van der Waals surface area contributed by atoms with Gasteiger partial charge >= 0.3 is 0 Å². The van der Waals surface area contributed by atoms with Gasteiger partial charge in [0.2, 0.25) is 11.8 Å². The van der Waals surface area contributed by atoms with E-state index in [4.69, 9.17) is 0 Å². The van der Waals surface area contributed by atoms with Gasteiger partial charge in [-0.15, -0.1) is 0 Å². The van der Waals surface area contributed by atoms with E-state index in [9.17, 15) is 14.0 Å². The molecule has 4 rings (SSSR count). The highest BCUT2D eigenvalue weighted by Gasteiger charge is 2.35. The lowest BCUT2D eigenvalue weighted by molar-refractivity contribution is -0.122. The van der Waals surface area contributed by atoms with Crippen molar-refractivity contribution in [2.45, 2.75) is 19.8 Å². The number of thiazole rings is 1. The van der Waals surface area contributed by atoms with Crippen molar-refractivity contribution in [3.05, 3.63) is 53.8 Å². The predicted octanol–water partition coefficient (Wildman–Crippen LogP) is 3.99. The molecule has 2 heterocycles. The van der Waals surface area contributed by atoms with Crippen molar-refractivity contribution in [3.8, 4) is 0 Å². The van der Waals surface area contributed by atoms with Crippen molar-refractivity contribution < 1.29 is 14.0 Å². The van der Waals surface area contributed by atoms with E-state index >= 15 is 0 Å². The third-order valence-electron chi connectivity index (χ3n) is 4.73. The number of rotatable bonds is 4. The molecule has 27 heavy (non-hydrogen) atoms. The Morgan fingerprint density at radius 3 is 2.81 bits per heavy atom. The molecule has 1 N–H and O–H groups in total. The first-order chi connectivity index (χ1) is 13.0. The van der Waals surface area contributed by atoms with Gasteiger partial charge in [0.1, 0.15) is 5.82 Å². The number of aryl methyl sites for hydroxylation is 1. The van der Waals surface area contributed by atoms with Crippen molar-refractivity contribution in [1.82, 2.24) is 4.98 Å². The number of aromatic nitrogens is 1. The normalized spacial score (nSPS) is 16.9. The molecule has 5 nitrogen and oxygen atoms in total. The smallest absolute Gasteiger partial charge is 0.231 e. The molecule has 1 saturated heterocycles. The number of nitrogens with one attached hydrogen (secondary N) is 1. The van der Waals surface area contributed by atoms with E-state index in [0.717, 1.165) is 12.1 Å². The predicted molar refractivity (Wildman–Crippen MR) is 104 cm³/mol. The zero-order chi connectivity index (χ0) is 19.0. The summed E-state index contributed by atoms with van der Waals surface area (Å²) < 4.78 is 14.0. The molecule has 1 aliphatic rings. The lowest BCUT2D eigenvalue weighted by atomic mass is 10.1. The van der Waals surface area contributed by atoms with Crippen LogP contribution in [0, 0.1) is 11.7 Å². The lowest BCUT2D eigenvalue weighted by Crippen LogP contribution is -2.28. The molecule has 0 aliphatic carbocycles. The first-order valence-corrected chi connectivity index (χ1v) is 9.61. The Morgan fingerprint density at radius 2 is 2.07 bits per heavy atom. The van der Waals surface area contributed by atoms with Gasteiger partial charge in [-0.1, -0.05) is 30.4 Å². The van der Waals surface area contributed by atoms with Gasteiger partial charge in [-0.2, -0.15) is 0 Å². The van der Waals surface area contributed by atoms with Crippen molar-refractivity contribution in [2.24, 2.45) is 5.92 Å². The van der Waals surface area contributed by atoms with Crippen LogP contribution in [0.15, 0.2) is 42.5 Å². The second-order valence-corrected chi connectivity index (χ2v) is 7.58. The summed E-state index contributed by atoms with van der Waals surface area (Å²) in [6.45, 7) is 2.42. The molecule has 138 valence electrons. The fourth-order valence-corrected chi connectivity index (χ4v) is 4.10. The number of nitrogens with zero attached hydrogens (tertiary/aromatic N) is 2. The number of carbonyl (C=O) groups is 2. The molecule has 0 radical (unpaired) electrons. The topological polar surface area (TPSA) is 62.3 Å². The minimum absolute atomic E-state index is 0.0641. The van der Waals surface area contributed by atoms with Crippen LogP contribution in [0.5, 0.6) is 0 Å². The molecule has 0 bridgehead atoms. The van der Waals surface area contributed by atoms with Gasteiger partial charge in [-0.05, 0) is 42.3 Å². The summed E-state index contributed by atoms with van der Waals surface area (Å²) in [6, 6.07) is 12.1. The highest BCUT2D eigenvalue weighted by molar-refractivity contribution is 7.22. The molecule has 1 aromatic heterocycles. The Kier molecular flexibility index (Phi) is 4.61. The Morgan fingerprint density at radius 1 is 1.30 bits per heavy atom. The fraction of sp³-hybridized carbons (Fsp3) is 0.250. The monoisotopic (exact) mass is 383 g/mol. The summed E-state index contributed by atoms with van der Waals surface area (Å²) >= 11 is 1.22. The molecule has 0 unspecified atom stereocenters. The van der Waals surface area contributed by atoms with Crippen molar-refractivity contribution in [2.75, 3.05) is 16.8 Å².